The van der Waals surface area contributed by atoms with E-state index in [1.807, 2.05) is 25.1 Å². The van der Waals surface area contributed by atoms with Crippen molar-refractivity contribution in [2.75, 3.05) is 0 Å². The highest BCUT2D eigenvalue weighted by Gasteiger charge is 2.16. The lowest BCUT2D eigenvalue weighted by Gasteiger charge is -2.23. The highest BCUT2D eigenvalue weighted by Crippen LogP contribution is 2.25. The lowest BCUT2D eigenvalue weighted by Crippen LogP contribution is -2.35. The maximum absolute atomic E-state index is 11.1. The van der Waals surface area contributed by atoms with Crippen LogP contribution in [0.5, 0.6) is 5.75 Å². The number of amides is 1. The van der Waals surface area contributed by atoms with Crippen molar-refractivity contribution >= 4 is 5.91 Å². The molecule has 1 amide bonds. The molecule has 106 valence electrons. The van der Waals surface area contributed by atoms with E-state index in [9.17, 15) is 4.79 Å². The molecule has 3 N–H and O–H groups in total. The number of carbonyl (C=O) groups is 1. The number of benzene rings is 1. The van der Waals surface area contributed by atoms with Crippen molar-refractivity contribution in [2.45, 2.75) is 52.8 Å². The monoisotopic (exact) mass is 264 g/mol. The number of hydrogen-bond acceptors (Lipinski definition) is 3. The molecule has 1 rings (SSSR count). The first kappa shape index (κ1) is 15.5. The summed E-state index contributed by atoms with van der Waals surface area (Å²) in [6.07, 6.45) is -0.630. The molecule has 0 aromatic heterocycles. The predicted molar refractivity (Wildman–Crippen MR) is 77.1 cm³/mol. The number of nitrogens with two attached hydrogens (primary N) is 1. The number of aryl methyl sites for hydroxylation is 1. The maximum Gasteiger partial charge on any atom is 0.258 e. The Balaban J connectivity index is 2.92. The number of hydrogen-bond donors (Lipinski definition) is 2. The van der Waals surface area contributed by atoms with E-state index in [0.717, 1.165) is 16.9 Å². The normalized spacial score (nSPS) is 13.1. The van der Waals surface area contributed by atoms with E-state index < -0.39 is 12.0 Å². The Kier molecular flexibility index (Phi) is 4.95. The summed E-state index contributed by atoms with van der Waals surface area (Å²) in [5, 5.41) is 3.41. The molecule has 4 nitrogen and oxygen atoms in total. The summed E-state index contributed by atoms with van der Waals surface area (Å²) in [5.74, 6) is 0.281. The fourth-order valence-electron chi connectivity index (χ4n) is 1.62. The molecule has 0 saturated heterocycles. The van der Waals surface area contributed by atoms with Crippen molar-refractivity contribution < 1.29 is 9.53 Å². The van der Waals surface area contributed by atoms with Crippen LogP contribution >= 0.6 is 0 Å². The van der Waals surface area contributed by atoms with Gasteiger partial charge in [-0.05, 0) is 40.2 Å². The van der Waals surface area contributed by atoms with Crippen molar-refractivity contribution in [1.29, 1.82) is 0 Å². The molecule has 0 fully saturated rings. The summed E-state index contributed by atoms with van der Waals surface area (Å²) in [5.41, 5.74) is 7.30. The van der Waals surface area contributed by atoms with Crippen LogP contribution in [-0.4, -0.2) is 17.6 Å². The Morgan fingerprint density at radius 3 is 2.58 bits per heavy atom. The third-order valence-corrected chi connectivity index (χ3v) is 2.80. The van der Waals surface area contributed by atoms with Crippen LogP contribution in [0.1, 0.15) is 38.8 Å². The third kappa shape index (κ3) is 4.91. The van der Waals surface area contributed by atoms with Gasteiger partial charge in [-0.3, -0.25) is 4.79 Å². The number of para-hydroxylation sites is 1. The molecule has 19 heavy (non-hydrogen) atoms. The molecule has 4 heteroatoms. The first-order valence-electron chi connectivity index (χ1n) is 6.50. The standard InChI is InChI=1S/C15H24N2O2/c1-10-7-6-8-12(9-17-15(3,4)5)13(10)19-11(2)14(16)18/h6-8,11,17H,9H2,1-5H3,(H2,16,18). The Morgan fingerprint density at radius 1 is 1.42 bits per heavy atom. The number of nitrogens with one attached hydrogen (secondary N) is 1. The Hall–Kier alpha value is -1.55. The van der Waals surface area contributed by atoms with E-state index in [0.29, 0.717) is 6.54 Å². The van der Waals surface area contributed by atoms with Gasteiger partial charge >= 0.3 is 0 Å². The second kappa shape index (κ2) is 6.06. The molecular weight excluding hydrogens is 240 g/mol. The van der Waals surface area contributed by atoms with E-state index in [4.69, 9.17) is 10.5 Å². The Morgan fingerprint density at radius 2 is 2.05 bits per heavy atom. The van der Waals surface area contributed by atoms with Crippen molar-refractivity contribution in [1.82, 2.24) is 5.32 Å². The zero-order valence-corrected chi connectivity index (χ0v) is 12.4. The van der Waals surface area contributed by atoms with Crippen molar-refractivity contribution in [3.8, 4) is 5.75 Å². The minimum atomic E-state index is -0.630. The smallest absolute Gasteiger partial charge is 0.258 e. The van der Waals surface area contributed by atoms with Crippen LogP contribution in [0.15, 0.2) is 18.2 Å². The molecule has 1 atom stereocenters. The molecule has 0 bridgehead atoms. The van der Waals surface area contributed by atoms with Gasteiger partial charge in [-0.15, -0.1) is 0 Å². The van der Waals surface area contributed by atoms with Gasteiger partial charge in [0.1, 0.15) is 5.75 Å². The quantitative estimate of drug-likeness (QED) is 0.856. The molecule has 0 spiro atoms. The van der Waals surface area contributed by atoms with Crippen molar-refractivity contribution in [2.24, 2.45) is 5.73 Å². The van der Waals surface area contributed by atoms with Gasteiger partial charge in [-0.25, -0.2) is 0 Å². The largest absolute Gasteiger partial charge is 0.480 e. The first-order chi connectivity index (χ1) is 8.70. The van der Waals surface area contributed by atoms with E-state index in [-0.39, 0.29) is 5.54 Å². The van der Waals surface area contributed by atoms with Crippen LogP contribution in [0.2, 0.25) is 0 Å². The number of ether oxygens (including phenoxy) is 1. The second-order valence-corrected chi connectivity index (χ2v) is 5.83. The predicted octanol–water partition coefficient (Wildman–Crippen LogP) is 2.14. The molecule has 0 aliphatic heterocycles. The van der Waals surface area contributed by atoms with E-state index in [1.165, 1.54) is 0 Å². The van der Waals surface area contributed by atoms with Gasteiger partial charge in [-0.2, -0.15) is 0 Å². The fraction of sp³-hybridized carbons (Fsp3) is 0.533. The minimum absolute atomic E-state index is 0.0241. The SMILES string of the molecule is Cc1cccc(CNC(C)(C)C)c1OC(C)C(N)=O. The van der Waals surface area contributed by atoms with Gasteiger partial charge in [-0.1, -0.05) is 18.2 Å². The van der Waals surface area contributed by atoms with E-state index in [2.05, 4.69) is 26.1 Å². The van der Waals surface area contributed by atoms with Gasteiger partial charge in [0.25, 0.3) is 5.91 Å². The van der Waals surface area contributed by atoms with Gasteiger partial charge < -0.3 is 15.8 Å². The summed E-state index contributed by atoms with van der Waals surface area (Å²) >= 11 is 0. The number of rotatable bonds is 5. The topological polar surface area (TPSA) is 64.3 Å². The van der Waals surface area contributed by atoms with E-state index >= 15 is 0 Å². The summed E-state index contributed by atoms with van der Waals surface area (Å²) in [4.78, 5) is 11.1. The average Bonchev–Trinajstić information content (AvgIpc) is 2.28. The zero-order valence-electron chi connectivity index (χ0n) is 12.4. The van der Waals surface area contributed by atoms with Crippen molar-refractivity contribution in [3.63, 3.8) is 0 Å². The Labute approximate surface area is 115 Å². The second-order valence-electron chi connectivity index (χ2n) is 5.83. The summed E-state index contributed by atoms with van der Waals surface area (Å²) in [6.45, 7) is 10.6. The van der Waals surface area contributed by atoms with Crippen LogP contribution in [0.3, 0.4) is 0 Å². The average molecular weight is 264 g/mol. The summed E-state index contributed by atoms with van der Waals surface area (Å²) < 4.78 is 5.69. The highest BCUT2D eigenvalue weighted by molar-refractivity contribution is 5.78. The zero-order chi connectivity index (χ0) is 14.6. The summed E-state index contributed by atoms with van der Waals surface area (Å²) in [7, 11) is 0. The molecule has 0 aliphatic rings. The fourth-order valence-corrected chi connectivity index (χ4v) is 1.62. The van der Waals surface area contributed by atoms with Gasteiger partial charge in [0.2, 0.25) is 0 Å². The lowest BCUT2D eigenvalue weighted by atomic mass is 10.1. The maximum atomic E-state index is 11.1. The number of primary amides is 1. The Bertz CT molecular complexity index is 450. The minimum Gasteiger partial charge on any atom is -0.480 e. The molecular formula is C15H24N2O2. The first-order valence-corrected chi connectivity index (χ1v) is 6.50. The van der Waals surface area contributed by atoms with E-state index in [1.54, 1.807) is 6.92 Å². The molecule has 1 aromatic rings. The molecule has 0 aliphatic carbocycles. The van der Waals surface area contributed by atoms with Crippen LogP contribution in [0.4, 0.5) is 0 Å². The lowest BCUT2D eigenvalue weighted by molar-refractivity contribution is -0.124. The molecule has 1 aromatic carbocycles. The third-order valence-electron chi connectivity index (χ3n) is 2.80. The van der Waals surface area contributed by atoms with Crippen LogP contribution in [0, 0.1) is 6.92 Å². The molecule has 1 unspecified atom stereocenters. The van der Waals surface area contributed by atoms with Crippen LogP contribution in [-0.2, 0) is 11.3 Å². The van der Waals surface area contributed by atoms with Crippen LogP contribution in [0.25, 0.3) is 0 Å². The molecule has 0 saturated carbocycles. The molecule has 0 heterocycles. The summed E-state index contributed by atoms with van der Waals surface area (Å²) in [6, 6.07) is 5.94. The molecule has 0 radical (unpaired) electrons. The number of carbonyl (C=O) groups excluding carboxylic acids is 1. The van der Waals surface area contributed by atoms with Gasteiger partial charge in [0.05, 0.1) is 0 Å². The van der Waals surface area contributed by atoms with Gasteiger partial charge in [0, 0.05) is 17.6 Å². The van der Waals surface area contributed by atoms with Crippen LogP contribution < -0.4 is 15.8 Å². The van der Waals surface area contributed by atoms with Gasteiger partial charge in [0.15, 0.2) is 6.10 Å². The highest BCUT2D eigenvalue weighted by atomic mass is 16.5. The van der Waals surface area contributed by atoms with Crippen molar-refractivity contribution in [3.05, 3.63) is 29.3 Å².